The summed E-state index contributed by atoms with van der Waals surface area (Å²) >= 11 is 0. The van der Waals surface area contributed by atoms with Crippen LogP contribution in [0.1, 0.15) is 96.8 Å². The van der Waals surface area contributed by atoms with Crippen molar-refractivity contribution < 1.29 is 9.18 Å². The maximum Gasteiger partial charge on any atom is 0.234 e. The lowest BCUT2D eigenvalue weighted by atomic mass is 10.0. The first-order chi connectivity index (χ1) is 15.2. The van der Waals surface area contributed by atoms with E-state index >= 15 is 0 Å². The van der Waals surface area contributed by atoms with Crippen LogP contribution in [0.4, 0.5) is 10.1 Å². The Morgan fingerprint density at radius 1 is 0.774 bits per heavy atom. The number of piperazine rings is 1. The molecule has 0 unspecified atom stereocenters. The molecule has 1 fully saturated rings. The second-order valence-corrected chi connectivity index (χ2v) is 8.98. The molecular weight excluding hydrogens is 389 g/mol. The minimum absolute atomic E-state index is 0.137. The van der Waals surface area contributed by atoms with Crippen molar-refractivity contribution in [3.8, 4) is 0 Å². The number of carbonyl (C=O) groups excluding carboxylic acids is 1. The van der Waals surface area contributed by atoms with Gasteiger partial charge in [0, 0.05) is 38.3 Å². The van der Waals surface area contributed by atoms with E-state index in [1.54, 1.807) is 0 Å². The third-order valence-electron chi connectivity index (χ3n) is 6.26. The minimum atomic E-state index is -0.206. The normalized spacial score (nSPS) is 14.7. The van der Waals surface area contributed by atoms with Crippen molar-refractivity contribution >= 4 is 11.6 Å². The highest BCUT2D eigenvalue weighted by Gasteiger charge is 2.18. The molecule has 176 valence electrons. The summed E-state index contributed by atoms with van der Waals surface area (Å²) in [5, 5.41) is 2.02. The van der Waals surface area contributed by atoms with Crippen LogP contribution in [-0.4, -0.2) is 37.1 Å². The van der Waals surface area contributed by atoms with Crippen molar-refractivity contribution in [1.29, 1.82) is 0 Å². The number of amides is 1. The summed E-state index contributed by atoms with van der Waals surface area (Å²) in [5.41, 5.74) is 4.09. The highest BCUT2D eigenvalue weighted by atomic mass is 19.1. The van der Waals surface area contributed by atoms with Crippen molar-refractivity contribution in [3.63, 3.8) is 0 Å². The Kier molecular flexibility index (Phi) is 13.3. The number of rotatable bonds is 16. The van der Waals surface area contributed by atoms with E-state index < -0.39 is 0 Å². The van der Waals surface area contributed by atoms with Crippen LogP contribution in [0.3, 0.4) is 0 Å². The first-order valence-corrected chi connectivity index (χ1v) is 12.7. The van der Waals surface area contributed by atoms with Crippen LogP contribution in [0.15, 0.2) is 24.3 Å². The van der Waals surface area contributed by atoms with Crippen molar-refractivity contribution in [2.24, 2.45) is 0 Å². The Hall–Kier alpha value is -1.62. The number of benzene rings is 1. The molecule has 0 aromatic heterocycles. The van der Waals surface area contributed by atoms with Crippen molar-refractivity contribution in [3.05, 3.63) is 30.1 Å². The van der Waals surface area contributed by atoms with Gasteiger partial charge in [0.15, 0.2) is 0 Å². The molecule has 0 saturated carbocycles. The van der Waals surface area contributed by atoms with E-state index in [4.69, 9.17) is 0 Å². The molecule has 0 bridgehead atoms. The van der Waals surface area contributed by atoms with Crippen LogP contribution in [-0.2, 0) is 4.79 Å². The number of nitrogens with zero attached hydrogens (tertiary/aromatic N) is 2. The average molecular weight is 434 g/mol. The molecule has 5 heteroatoms. The summed E-state index contributed by atoms with van der Waals surface area (Å²) in [7, 11) is 0. The number of unbranched alkanes of at least 4 members (excludes halogenated alkanes) is 12. The highest BCUT2D eigenvalue weighted by molar-refractivity contribution is 5.75. The lowest BCUT2D eigenvalue weighted by molar-refractivity contribution is -0.126. The Morgan fingerprint density at radius 3 is 1.77 bits per heavy atom. The van der Waals surface area contributed by atoms with Gasteiger partial charge in [-0.1, -0.05) is 84.0 Å². The molecule has 1 aromatic rings. The van der Waals surface area contributed by atoms with E-state index in [2.05, 4.69) is 17.2 Å². The summed E-state index contributed by atoms with van der Waals surface area (Å²) in [6, 6.07) is 6.63. The molecule has 1 aliphatic rings. The Balaban J connectivity index is 1.40. The third-order valence-corrected chi connectivity index (χ3v) is 6.26. The second-order valence-electron chi connectivity index (χ2n) is 8.98. The topological polar surface area (TPSA) is 35.6 Å². The molecule has 0 atom stereocenters. The number of nitrogens with one attached hydrogen (secondary N) is 1. The Labute approximate surface area is 189 Å². The molecule has 1 aromatic carbocycles. The van der Waals surface area contributed by atoms with Gasteiger partial charge in [-0.05, 0) is 30.7 Å². The van der Waals surface area contributed by atoms with Gasteiger partial charge in [-0.25, -0.2) is 9.40 Å². The highest BCUT2D eigenvalue weighted by Crippen LogP contribution is 2.17. The molecule has 0 radical (unpaired) electrons. The fourth-order valence-electron chi connectivity index (χ4n) is 4.26. The standard InChI is InChI=1S/C26H44FN3O/c1-2-3-4-5-6-7-8-9-10-11-12-13-14-15-26(31)28-30-22-20-29(21-23-30)25-18-16-24(27)17-19-25/h16-19H,2-15,20-23H2,1H3,(H,28,31). The van der Waals surface area contributed by atoms with Crippen LogP contribution < -0.4 is 10.3 Å². The fourth-order valence-corrected chi connectivity index (χ4v) is 4.26. The predicted molar refractivity (Wildman–Crippen MR) is 129 cm³/mol. The van der Waals surface area contributed by atoms with Crippen LogP contribution in [0, 0.1) is 5.82 Å². The summed E-state index contributed by atoms with van der Waals surface area (Å²) < 4.78 is 13.1. The SMILES string of the molecule is CCCCCCCCCCCCCCCC(=O)NN1CCN(c2ccc(F)cc2)CC1. The third kappa shape index (κ3) is 11.5. The van der Waals surface area contributed by atoms with Crippen molar-refractivity contribution in [2.45, 2.75) is 96.8 Å². The van der Waals surface area contributed by atoms with Crippen molar-refractivity contribution in [1.82, 2.24) is 10.4 Å². The van der Waals surface area contributed by atoms with Gasteiger partial charge in [0.2, 0.25) is 5.91 Å². The number of carbonyl (C=O) groups is 1. The molecule has 1 heterocycles. The average Bonchev–Trinajstić information content (AvgIpc) is 2.78. The van der Waals surface area contributed by atoms with Crippen LogP contribution >= 0.6 is 0 Å². The van der Waals surface area contributed by atoms with Gasteiger partial charge < -0.3 is 4.90 Å². The van der Waals surface area contributed by atoms with E-state index in [0.29, 0.717) is 6.42 Å². The molecule has 1 aliphatic heterocycles. The fraction of sp³-hybridized carbons (Fsp3) is 0.731. The summed E-state index contributed by atoms with van der Waals surface area (Å²) in [6.45, 7) is 5.53. The number of hydrogen-bond donors (Lipinski definition) is 1. The molecule has 2 rings (SSSR count). The lowest BCUT2D eigenvalue weighted by Gasteiger charge is -2.36. The van der Waals surface area contributed by atoms with E-state index in [1.165, 1.54) is 82.8 Å². The molecule has 0 spiro atoms. The molecule has 1 amide bonds. The van der Waals surface area contributed by atoms with E-state index in [-0.39, 0.29) is 11.7 Å². The van der Waals surface area contributed by atoms with Gasteiger partial charge in [-0.3, -0.25) is 10.2 Å². The first-order valence-electron chi connectivity index (χ1n) is 12.7. The summed E-state index contributed by atoms with van der Waals surface area (Å²) in [5.74, 6) is -0.0684. The molecule has 4 nitrogen and oxygen atoms in total. The van der Waals surface area contributed by atoms with Crippen LogP contribution in [0.5, 0.6) is 0 Å². The smallest absolute Gasteiger partial charge is 0.234 e. The Morgan fingerprint density at radius 2 is 1.26 bits per heavy atom. The Bertz CT molecular complexity index is 585. The molecular formula is C26H44FN3O. The first kappa shape index (κ1) is 25.6. The maximum atomic E-state index is 13.1. The van der Waals surface area contributed by atoms with Crippen molar-refractivity contribution in [2.75, 3.05) is 31.1 Å². The van der Waals surface area contributed by atoms with E-state index in [9.17, 15) is 9.18 Å². The monoisotopic (exact) mass is 433 g/mol. The number of hydrogen-bond acceptors (Lipinski definition) is 3. The molecule has 0 aliphatic carbocycles. The van der Waals surface area contributed by atoms with Crippen LogP contribution in [0.2, 0.25) is 0 Å². The van der Waals surface area contributed by atoms with Gasteiger partial charge in [-0.15, -0.1) is 0 Å². The van der Waals surface area contributed by atoms with Gasteiger partial charge in [-0.2, -0.15) is 0 Å². The lowest BCUT2D eigenvalue weighted by Crippen LogP contribution is -2.53. The van der Waals surface area contributed by atoms with E-state index in [0.717, 1.165) is 44.7 Å². The largest absolute Gasteiger partial charge is 0.369 e. The van der Waals surface area contributed by atoms with Gasteiger partial charge in [0.25, 0.3) is 0 Å². The van der Waals surface area contributed by atoms with Crippen LogP contribution in [0.25, 0.3) is 0 Å². The zero-order valence-electron chi connectivity index (χ0n) is 19.7. The molecule has 1 saturated heterocycles. The quantitative estimate of drug-likeness (QED) is 0.304. The zero-order valence-corrected chi connectivity index (χ0v) is 19.7. The van der Waals surface area contributed by atoms with Gasteiger partial charge in [0.05, 0.1) is 0 Å². The molecule has 31 heavy (non-hydrogen) atoms. The zero-order chi connectivity index (χ0) is 22.2. The number of halogens is 1. The predicted octanol–water partition coefficient (Wildman–Crippen LogP) is 6.46. The number of hydrazine groups is 1. The number of anilines is 1. The minimum Gasteiger partial charge on any atom is -0.369 e. The van der Waals surface area contributed by atoms with Gasteiger partial charge >= 0.3 is 0 Å². The molecule has 1 N–H and O–H groups in total. The van der Waals surface area contributed by atoms with E-state index in [1.807, 2.05) is 17.1 Å². The van der Waals surface area contributed by atoms with Gasteiger partial charge in [0.1, 0.15) is 5.82 Å². The second kappa shape index (κ2) is 16.1. The summed E-state index contributed by atoms with van der Waals surface area (Å²) in [4.78, 5) is 14.4. The summed E-state index contributed by atoms with van der Waals surface area (Å²) in [6.07, 6.45) is 17.8. The maximum absolute atomic E-state index is 13.1.